The quantitative estimate of drug-likeness (QED) is 0.550. The second kappa shape index (κ2) is 5.14. The van der Waals surface area contributed by atoms with Gasteiger partial charge in [0.1, 0.15) is 23.8 Å². The Morgan fingerprint density at radius 1 is 1.04 bits per heavy atom. The van der Waals surface area contributed by atoms with Crippen LogP contribution >= 0.6 is 0 Å². The number of carbonyl (C=O) groups is 1. The molecule has 1 aliphatic heterocycles. The third kappa shape index (κ3) is 2.35. The molecule has 114 valence electrons. The van der Waals surface area contributed by atoms with Crippen molar-refractivity contribution >= 4 is 16.8 Å². The highest BCUT2D eigenvalue weighted by atomic mass is 19.1. The topological polar surface area (TPSA) is 59.8 Å². The van der Waals surface area contributed by atoms with Crippen LogP contribution in [0.5, 0.6) is 0 Å². The zero-order valence-corrected chi connectivity index (χ0v) is 11.9. The maximum absolute atomic E-state index is 12.9. The van der Waals surface area contributed by atoms with E-state index in [-0.39, 0.29) is 11.2 Å². The van der Waals surface area contributed by atoms with Crippen LogP contribution in [0.3, 0.4) is 0 Å². The predicted molar refractivity (Wildman–Crippen MR) is 80.8 cm³/mol. The van der Waals surface area contributed by atoms with E-state index >= 15 is 0 Å². The van der Waals surface area contributed by atoms with Crippen LogP contribution in [0.1, 0.15) is 22.0 Å². The van der Waals surface area contributed by atoms with Gasteiger partial charge >= 0.3 is 0 Å². The average molecular weight is 310 g/mol. The monoisotopic (exact) mass is 310 g/mol. The lowest BCUT2D eigenvalue weighted by Gasteiger charge is -1.99. The van der Waals surface area contributed by atoms with Crippen molar-refractivity contribution in [3.63, 3.8) is 0 Å². The van der Waals surface area contributed by atoms with Crippen LogP contribution in [-0.4, -0.2) is 11.9 Å². The number of halogens is 1. The van der Waals surface area contributed by atoms with E-state index in [0.29, 0.717) is 22.1 Å². The Bertz CT molecular complexity index is 959. The van der Waals surface area contributed by atoms with E-state index in [1.54, 1.807) is 24.3 Å². The van der Waals surface area contributed by atoms with E-state index in [1.807, 2.05) is 0 Å². The van der Waals surface area contributed by atoms with E-state index < -0.39 is 18.0 Å². The summed E-state index contributed by atoms with van der Waals surface area (Å²) >= 11 is 0. The second-order valence-corrected chi connectivity index (χ2v) is 5.36. The minimum Gasteiger partial charge on any atom is -0.464 e. The Hall–Kier alpha value is -2.79. The van der Waals surface area contributed by atoms with Crippen molar-refractivity contribution in [3.8, 4) is 0 Å². The van der Waals surface area contributed by atoms with Crippen molar-refractivity contribution in [1.82, 2.24) is 0 Å². The predicted octanol–water partition coefficient (Wildman–Crippen LogP) is 3.25. The smallest absolute Gasteiger partial charge is 0.198 e. The van der Waals surface area contributed by atoms with E-state index in [2.05, 4.69) is 0 Å². The highest BCUT2D eigenvalue weighted by molar-refractivity contribution is 6.01. The number of para-hydroxylation sites is 1. The molecule has 5 heteroatoms. The summed E-state index contributed by atoms with van der Waals surface area (Å²) in [4.78, 5) is 24.8. The van der Waals surface area contributed by atoms with Gasteiger partial charge in [-0.15, -0.1) is 0 Å². The van der Waals surface area contributed by atoms with Gasteiger partial charge in [0.2, 0.25) is 0 Å². The number of benzene rings is 2. The molecule has 4 nitrogen and oxygen atoms in total. The highest BCUT2D eigenvalue weighted by Gasteiger charge is 2.48. The van der Waals surface area contributed by atoms with Gasteiger partial charge in [0.15, 0.2) is 17.3 Å². The summed E-state index contributed by atoms with van der Waals surface area (Å²) in [6, 6.07) is 12.1. The normalized spacial score (nSPS) is 19.7. The van der Waals surface area contributed by atoms with Crippen LogP contribution in [0.2, 0.25) is 0 Å². The molecule has 2 aromatic carbocycles. The van der Waals surface area contributed by atoms with Gasteiger partial charge in [-0.2, -0.15) is 0 Å². The van der Waals surface area contributed by atoms with Crippen molar-refractivity contribution in [2.45, 2.75) is 12.2 Å². The summed E-state index contributed by atoms with van der Waals surface area (Å²) < 4.78 is 23.7. The lowest BCUT2D eigenvalue weighted by atomic mass is 10.0. The maximum Gasteiger partial charge on any atom is 0.198 e. The molecular formula is C18H11FO4. The number of rotatable bonds is 3. The van der Waals surface area contributed by atoms with E-state index in [4.69, 9.17) is 9.15 Å². The Kier molecular flexibility index (Phi) is 3.09. The molecule has 1 aliphatic rings. The van der Waals surface area contributed by atoms with Crippen molar-refractivity contribution in [2.24, 2.45) is 0 Å². The molecule has 2 heterocycles. The number of hydrogen-bond donors (Lipinski definition) is 0. The fourth-order valence-corrected chi connectivity index (χ4v) is 2.62. The van der Waals surface area contributed by atoms with Crippen LogP contribution < -0.4 is 5.43 Å². The van der Waals surface area contributed by atoms with Gasteiger partial charge in [-0.3, -0.25) is 9.59 Å². The molecule has 1 saturated heterocycles. The summed E-state index contributed by atoms with van der Waals surface area (Å²) in [5, 5.41) is 0.452. The first-order valence-corrected chi connectivity index (χ1v) is 7.11. The minimum atomic E-state index is -0.732. The average Bonchev–Trinajstić information content (AvgIpc) is 3.36. The first kappa shape index (κ1) is 13.8. The fraction of sp³-hybridized carbons (Fsp3) is 0.111. The number of ether oxygens (including phenoxy) is 1. The standard InChI is InChI=1S/C18H11FO4/c19-11-7-5-10(6-8-11)15(20)18-17(23-18)13-9-22-14-4-2-1-3-12(14)16(13)21/h1-9,17-18H/t17-,18+/m1/s1. The molecule has 0 aliphatic carbocycles. The van der Waals surface area contributed by atoms with Gasteiger partial charge < -0.3 is 9.15 Å². The fourth-order valence-electron chi connectivity index (χ4n) is 2.62. The Morgan fingerprint density at radius 2 is 1.78 bits per heavy atom. The third-order valence-corrected chi connectivity index (χ3v) is 3.89. The summed E-state index contributed by atoms with van der Waals surface area (Å²) in [6.07, 6.45) is -0.00859. The molecule has 1 aromatic heterocycles. The molecule has 3 aromatic rings. The van der Waals surface area contributed by atoms with Crippen molar-refractivity contribution < 1.29 is 18.3 Å². The molecule has 2 atom stereocenters. The first-order valence-electron chi connectivity index (χ1n) is 7.11. The van der Waals surface area contributed by atoms with E-state index in [9.17, 15) is 14.0 Å². The SMILES string of the molecule is O=C(c1ccc(F)cc1)[C@@H]1O[C@@H]1c1coc2ccccc2c1=O. The lowest BCUT2D eigenvalue weighted by Crippen LogP contribution is -2.13. The van der Waals surface area contributed by atoms with Crippen LogP contribution in [0.25, 0.3) is 11.0 Å². The number of carbonyl (C=O) groups excluding carboxylic acids is 1. The molecule has 0 bridgehead atoms. The number of Topliss-reactive ketones (excluding diaryl/α,β-unsaturated/α-hetero) is 1. The molecule has 0 radical (unpaired) electrons. The van der Waals surface area contributed by atoms with Gasteiger partial charge in [0, 0.05) is 5.56 Å². The Labute approximate surface area is 130 Å². The summed E-state index contributed by atoms with van der Waals surface area (Å²) in [7, 11) is 0. The van der Waals surface area contributed by atoms with E-state index in [1.165, 1.54) is 30.5 Å². The number of fused-ring (bicyclic) bond motifs is 1. The van der Waals surface area contributed by atoms with Crippen LogP contribution in [0, 0.1) is 5.82 Å². The molecule has 0 spiro atoms. The van der Waals surface area contributed by atoms with Gasteiger partial charge in [0.25, 0.3) is 0 Å². The highest BCUT2D eigenvalue weighted by Crippen LogP contribution is 2.39. The molecule has 0 amide bonds. The molecule has 0 unspecified atom stereocenters. The summed E-state index contributed by atoms with van der Waals surface area (Å²) in [5.41, 5.74) is 0.961. The molecule has 4 rings (SSSR count). The molecular weight excluding hydrogens is 299 g/mol. The van der Waals surface area contributed by atoms with E-state index in [0.717, 1.165) is 0 Å². The first-order chi connectivity index (χ1) is 11.1. The van der Waals surface area contributed by atoms with Crippen molar-refractivity contribution in [2.75, 3.05) is 0 Å². The van der Waals surface area contributed by atoms with Crippen LogP contribution in [0.15, 0.2) is 64.0 Å². The van der Waals surface area contributed by atoms with Crippen LogP contribution in [-0.2, 0) is 4.74 Å². The molecule has 0 N–H and O–H groups in total. The van der Waals surface area contributed by atoms with Crippen molar-refractivity contribution in [1.29, 1.82) is 0 Å². The lowest BCUT2D eigenvalue weighted by molar-refractivity contribution is 0.0953. The largest absolute Gasteiger partial charge is 0.464 e. The molecule has 23 heavy (non-hydrogen) atoms. The Morgan fingerprint density at radius 3 is 2.57 bits per heavy atom. The molecule has 0 saturated carbocycles. The Balaban J connectivity index is 1.64. The zero-order chi connectivity index (χ0) is 16.0. The number of ketones is 1. The van der Waals surface area contributed by atoms with Crippen LogP contribution in [0.4, 0.5) is 4.39 Å². The van der Waals surface area contributed by atoms with Gasteiger partial charge in [-0.25, -0.2) is 4.39 Å². The minimum absolute atomic E-state index is 0.203. The van der Waals surface area contributed by atoms with Crippen molar-refractivity contribution in [3.05, 3.63) is 82.0 Å². The summed E-state index contributed by atoms with van der Waals surface area (Å²) in [5.74, 6) is -0.687. The van der Waals surface area contributed by atoms with Gasteiger partial charge in [0.05, 0.1) is 10.9 Å². The second-order valence-electron chi connectivity index (χ2n) is 5.36. The maximum atomic E-state index is 12.9. The van der Waals surface area contributed by atoms with Gasteiger partial charge in [-0.1, -0.05) is 12.1 Å². The zero-order valence-electron chi connectivity index (χ0n) is 11.9. The third-order valence-electron chi connectivity index (χ3n) is 3.89. The van der Waals surface area contributed by atoms with Gasteiger partial charge in [-0.05, 0) is 36.4 Å². The number of hydrogen-bond acceptors (Lipinski definition) is 4. The number of epoxide rings is 1. The molecule has 1 fully saturated rings. The summed E-state index contributed by atoms with van der Waals surface area (Å²) in [6.45, 7) is 0.